The van der Waals surface area contributed by atoms with Crippen molar-refractivity contribution in [1.82, 2.24) is 9.78 Å². The molecule has 0 radical (unpaired) electrons. The van der Waals surface area contributed by atoms with Gasteiger partial charge in [-0.2, -0.15) is 5.10 Å². The molecule has 3 aromatic rings. The molecule has 0 saturated heterocycles. The van der Waals surface area contributed by atoms with E-state index in [2.05, 4.69) is 10.4 Å². The summed E-state index contributed by atoms with van der Waals surface area (Å²) in [7, 11) is 1.60. The Morgan fingerprint density at radius 1 is 1.03 bits per heavy atom. The van der Waals surface area contributed by atoms with E-state index >= 15 is 0 Å². The minimum atomic E-state index is -0.525. The number of anilines is 1. The van der Waals surface area contributed by atoms with Crippen molar-refractivity contribution in [2.24, 2.45) is 5.73 Å². The number of primary amides is 1. The highest BCUT2D eigenvalue weighted by atomic mass is 16.5. The Bertz CT molecular complexity index is 1090. The second-order valence-electron chi connectivity index (χ2n) is 6.60. The van der Waals surface area contributed by atoms with Crippen molar-refractivity contribution >= 4 is 17.5 Å². The number of methoxy groups -OCH3 is 1. The average Bonchev–Trinajstić information content (AvgIpc) is 2.75. The Labute approximate surface area is 173 Å². The minimum absolute atomic E-state index is 0.193. The van der Waals surface area contributed by atoms with Crippen LogP contribution in [0.2, 0.25) is 0 Å². The van der Waals surface area contributed by atoms with Crippen molar-refractivity contribution in [2.45, 2.75) is 19.4 Å². The van der Waals surface area contributed by atoms with Crippen molar-refractivity contribution in [3.63, 3.8) is 0 Å². The number of amides is 2. The zero-order valence-electron chi connectivity index (χ0n) is 16.5. The van der Waals surface area contributed by atoms with Crippen molar-refractivity contribution in [3.8, 4) is 17.0 Å². The molecule has 0 unspecified atom stereocenters. The zero-order chi connectivity index (χ0) is 21.5. The summed E-state index contributed by atoms with van der Waals surface area (Å²) < 4.78 is 6.50. The van der Waals surface area contributed by atoms with Crippen LogP contribution in [-0.2, 0) is 11.3 Å². The Balaban J connectivity index is 1.57. The first kappa shape index (κ1) is 20.8. The Morgan fingerprint density at radius 3 is 2.37 bits per heavy atom. The van der Waals surface area contributed by atoms with Gasteiger partial charge in [0.15, 0.2) is 0 Å². The van der Waals surface area contributed by atoms with E-state index in [-0.39, 0.29) is 17.9 Å². The lowest BCUT2D eigenvalue weighted by Crippen LogP contribution is -2.23. The SMILES string of the molecule is COc1ccc(-c2ccc(=O)n(CCCC(=O)Nc3ccc(C(N)=O)cc3)n2)cc1. The first-order valence-corrected chi connectivity index (χ1v) is 9.38. The third-order valence-electron chi connectivity index (χ3n) is 4.48. The van der Waals surface area contributed by atoms with E-state index < -0.39 is 5.91 Å². The minimum Gasteiger partial charge on any atom is -0.497 e. The fourth-order valence-electron chi connectivity index (χ4n) is 2.86. The molecule has 0 aliphatic rings. The van der Waals surface area contributed by atoms with Gasteiger partial charge >= 0.3 is 0 Å². The number of hydrogen-bond acceptors (Lipinski definition) is 5. The van der Waals surface area contributed by atoms with Crippen LogP contribution < -0.4 is 21.3 Å². The van der Waals surface area contributed by atoms with Crippen molar-refractivity contribution in [3.05, 3.63) is 76.6 Å². The largest absolute Gasteiger partial charge is 0.497 e. The fourth-order valence-corrected chi connectivity index (χ4v) is 2.86. The van der Waals surface area contributed by atoms with Gasteiger partial charge in [-0.05, 0) is 61.0 Å². The smallest absolute Gasteiger partial charge is 0.266 e. The van der Waals surface area contributed by atoms with E-state index in [4.69, 9.17) is 10.5 Å². The van der Waals surface area contributed by atoms with E-state index in [0.29, 0.717) is 29.9 Å². The van der Waals surface area contributed by atoms with Gasteiger partial charge in [-0.3, -0.25) is 14.4 Å². The number of benzene rings is 2. The molecule has 2 aromatic carbocycles. The quantitative estimate of drug-likeness (QED) is 0.596. The van der Waals surface area contributed by atoms with Gasteiger partial charge in [0.05, 0.1) is 12.8 Å². The molecule has 3 N–H and O–H groups in total. The molecule has 0 spiro atoms. The predicted molar refractivity (Wildman–Crippen MR) is 113 cm³/mol. The van der Waals surface area contributed by atoms with Crippen LogP contribution in [0.25, 0.3) is 11.3 Å². The van der Waals surface area contributed by atoms with E-state index in [1.165, 1.54) is 10.7 Å². The number of rotatable bonds is 8. The van der Waals surface area contributed by atoms with E-state index in [0.717, 1.165) is 11.3 Å². The summed E-state index contributed by atoms with van der Waals surface area (Å²) >= 11 is 0. The Hall–Kier alpha value is -3.94. The highest BCUT2D eigenvalue weighted by Gasteiger charge is 2.07. The van der Waals surface area contributed by atoms with Gasteiger partial charge < -0.3 is 15.8 Å². The third kappa shape index (κ3) is 5.32. The second kappa shape index (κ2) is 9.51. The van der Waals surface area contributed by atoms with Crippen LogP contribution in [-0.4, -0.2) is 28.7 Å². The summed E-state index contributed by atoms with van der Waals surface area (Å²) in [5.41, 5.74) is 7.43. The Morgan fingerprint density at radius 2 is 1.73 bits per heavy atom. The second-order valence-corrected chi connectivity index (χ2v) is 6.60. The number of hydrogen-bond donors (Lipinski definition) is 2. The third-order valence-corrected chi connectivity index (χ3v) is 4.48. The van der Waals surface area contributed by atoms with Crippen LogP contribution in [0.4, 0.5) is 5.69 Å². The molecular weight excluding hydrogens is 384 g/mol. The maximum absolute atomic E-state index is 12.1. The predicted octanol–water partition coefficient (Wildman–Crippen LogP) is 2.44. The summed E-state index contributed by atoms with van der Waals surface area (Å²) in [6.45, 7) is 0.316. The number of ether oxygens (including phenoxy) is 1. The molecule has 0 atom stereocenters. The van der Waals surface area contributed by atoms with Gasteiger partial charge in [-0.1, -0.05) is 0 Å². The van der Waals surface area contributed by atoms with Gasteiger partial charge in [0, 0.05) is 35.8 Å². The standard InChI is InChI=1S/C22H22N4O4/c1-30-18-10-6-15(7-11-18)19-12-13-21(28)26(25-19)14-2-3-20(27)24-17-8-4-16(5-9-17)22(23)29/h4-13H,2-3,14H2,1H3,(H2,23,29)(H,24,27). The van der Waals surface area contributed by atoms with Gasteiger partial charge in [-0.15, -0.1) is 0 Å². The Kier molecular flexibility index (Phi) is 6.59. The monoisotopic (exact) mass is 406 g/mol. The van der Waals surface area contributed by atoms with Crippen molar-refractivity contribution in [2.75, 3.05) is 12.4 Å². The molecule has 3 rings (SSSR count). The normalized spacial score (nSPS) is 10.4. The molecule has 1 aromatic heterocycles. The van der Waals surface area contributed by atoms with Crippen LogP contribution in [0.5, 0.6) is 5.75 Å². The molecule has 0 bridgehead atoms. The summed E-state index contributed by atoms with van der Waals surface area (Å²) in [6, 6.07) is 16.8. The number of carbonyl (C=O) groups excluding carboxylic acids is 2. The van der Waals surface area contributed by atoms with E-state index in [1.807, 2.05) is 24.3 Å². The molecule has 0 aliphatic heterocycles. The van der Waals surface area contributed by atoms with Crippen molar-refractivity contribution in [1.29, 1.82) is 0 Å². The summed E-state index contributed by atoms with van der Waals surface area (Å²) in [6.07, 6.45) is 0.669. The number of aryl methyl sites for hydroxylation is 1. The van der Waals surface area contributed by atoms with Crippen LogP contribution in [0.3, 0.4) is 0 Å². The molecule has 0 fully saturated rings. The fraction of sp³-hybridized carbons (Fsp3) is 0.182. The topological polar surface area (TPSA) is 116 Å². The number of nitrogens with two attached hydrogens (primary N) is 1. The molecule has 8 heteroatoms. The molecular formula is C22H22N4O4. The summed E-state index contributed by atoms with van der Waals surface area (Å²) in [5, 5.41) is 7.14. The maximum atomic E-state index is 12.1. The van der Waals surface area contributed by atoms with E-state index in [9.17, 15) is 14.4 Å². The first-order chi connectivity index (χ1) is 14.5. The summed E-state index contributed by atoms with van der Waals surface area (Å²) in [4.78, 5) is 35.3. The van der Waals surface area contributed by atoms with Crippen LogP contribution >= 0.6 is 0 Å². The van der Waals surface area contributed by atoms with Crippen LogP contribution in [0.1, 0.15) is 23.2 Å². The molecule has 8 nitrogen and oxygen atoms in total. The maximum Gasteiger partial charge on any atom is 0.266 e. The van der Waals surface area contributed by atoms with Crippen molar-refractivity contribution < 1.29 is 14.3 Å². The molecule has 0 saturated carbocycles. The highest BCUT2D eigenvalue weighted by molar-refractivity contribution is 5.94. The van der Waals surface area contributed by atoms with Gasteiger partial charge in [0.1, 0.15) is 5.75 Å². The average molecular weight is 406 g/mol. The lowest BCUT2D eigenvalue weighted by Gasteiger charge is -2.09. The van der Waals surface area contributed by atoms with Gasteiger partial charge in [-0.25, -0.2) is 4.68 Å². The lowest BCUT2D eigenvalue weighted by molar-refractivity contribution is -0.116. The number of nitrogens with one attached hydrogen (secondary N) is 1. The molecule has 154 valence electrons. The summed E-state index contributed by atoms with van der Waals surface area (Å²) in [5.74, 6) is 0.0197. The first-order valence-electron chi connectivity index (χ1n) is 9.38. The molecule has 30 heavy (non-hydrogen) atoms. The van der Waals surface area contributed by atoms with Gasteiger partial charge in [0.25, 0.3) is 5.56 Å². The lowest BCUT2D eigenvalue weighted by atomic mass is 10.1. The van der Waals surface area contributed by atoms with Crippen LogP contribution in [0.15, 0.2) is 65.5 Å². The number of nitrogens with zero attached hydrogens (tertiary/aromatic N) is 2. The van der Waals surface area contributed by atoms with E-state index in [1.54, 1.807) is 37.4 Å². The zero-order valence-corrected chi connectivity index (χ0v) is 16.5. The number of aromatic nitrogens is 2. The van der Waals surface area contributed by atoms with Crippen LogP contribution in [0, 0.1) is 0 Å². The number of carbonyl (C=O) groups is 2. The molecule has 0 aliphatic carbocycles. The highest BCUT2D eigenvalue weighted by Crippen LogP contribution is 2.19. The molecule has 1 heterocycles. The van der Waals surface area contributed by atoms with Gasteiger partial charge in [0.2, 0.25) is 11.8 Å². The molecule has 2 amide bonds.